The van der Waals surface area contributed by atoms with Gasteiger partial charge in [0.25, 0.3) is 0 Å². The van der Waals surface area contributed by atoms with E-state index in [4.69, 9.17) is 30.5 Å². The molecule has 1 fully saturated rings. The summed E-state index contributed by atoms with van der Waals surface area (Å²) in [5, 5.41) is 0. The van der Waals surface area contributed by atoms with Crippen molar-refractivity contribution in [3.63, 3.8) is 0 Å². The van der Waals surface area contributed by atoms with Crippen molar-refractivity contribution in [3.8, 4) is 0 Å². The fraction of sp³-hybridized carbons (Fsp3) is 0.692. The summed E-state index contributed by atoms with van der Waals surface area (Å²) in [6.45, 7) is -1.91. The monoisotopic (exact) mass is 445 g/mol. The van der Waals surface area contributed by atoms with E-state index in [-0.39, 0.29) is 12.2 Å². The van der Waals surface area contributed by atoms with Crippen LogP contribution in [-0.4, -0.2) is 78.3 Å². The van der Waals surface area contributed by atoms with Crippen LogP contribution >= 0.6 is 14.1 Å². The molecule has 27 heavy (non-hydrogen) atoms. The smallest absolute Gasteiger partial charge is 0.353 e. The highest BCUT2D eigenvalue weighted by Gasteiger charge is 2.52. The van der Waals surface area contributed by atoms with E-state index < -0.39 is 51.1 Å². The zero-order chi connectivity index (χ0) is 20.4. The lowest BCUT2D eigenvalue weighted by Crippen LogP contribution is -2.47. The SMILES string of the molecule is CO[C@@H]1[C@H](OP(C)(O)=S)[C@@H](OCP(=O)(O)OC)O[C@H]1N1C=CC(=O)CC1=O. The fourth-order valence-corrected chi connectivity index (χ4v) is 3.96. The second-order valence-corrected chi connectivity index (χ2v) is 11.6. The van der Waals surface area contributed by atoms with Gasteiger partial charge in [-0.25, -0.2) is 0 Å². The summed E-state index contributed by atoms with van der Waals surface area (Å²) in [5.74, 6) is -0.886. The molecule has 0 aromatic rings. The number of carbonyl (C=O) groups excluding carboxylic acids is 2. The second kappa shape index (κ2) is 8.87. The van der Waals surface area contributed by atoms with E-state index in [2.05, 4.69) is 4.52 Å². The Bertz CT molecular complexity index is 709. The minimum atomic E-state index is -4.02. The van der Waals surface area contributed by atoms with E-state index in [1.807, 2.05) is 0 Å². The average molecular weight is 445 g/mol. The molecule has 0 aromatic heterocycles. The first-order valence-electron chi connectivity index (χ1n) is 7.65. The Kier molecular flexibility index (Phi) is 7.48. The summed E-state index contributed by atoms with van der Waals surface area (Å²) < 4.78 is 37.9. The molecule has 1 amide bonds. The van der Waals surface area contributed by atoms with Gasteiger partial charge >= 0.3 is 7.60 Å². The summed E-state index contributed by atoms with van der Waals surface area (Å²) in [7, 11) is -1.65. The minimum Gasteiger partial charge on any atom is -0.374 e. The van der Waals surface area contributed by atoms with E-state index in [1.165, 1.54) is 26.1 Å². The molecule has 2 heterocycles. The quantitative estimate of drug-likeness (QED) is 0.389. The van der Waals surface area contributed by atoms with Gasteiger partial charge in [-0.3, -0.25) is 19.1 Å². The van der Waals surface area contributed by atoms with Gasteiger partial charge in [0.1, 0.15) is 12.2 Å². The van der Waals surface area contributed by atoms with Crippen molar-refractivity contribution in [2.45, 2.75) is 31.1 Å². The largest absolute Gasteiger partial charge is 0.374 e. The predicted octanol–water partition coefficient (Wildman–Crippen LogP) is 0.122. The number of hydrogen-bond donors (Lipinski definition) is 2. The van der Waals surface area contributed by atoms with Gasteiger partial charge in [0.15, 0.2) is 31.1 Å². The number of methoxy groups -OCH3 is 1. The molecule has 0 radical (unpaired) electrons. The lowest BCUT2D eigenvalue weighted by molar-refractivity contribution is -0.179. The zero-order valence-electron chi connectivity index (χ0n) is 14.8. The molecule has 1 saturated heterocycles. The molecule has 0 aliphatic carbocycles. The van der Waals surface area contributed by atoms with E-state index in [1.54, 1.807) is 0 Å². The van der Waals surface area contributed by atoms with Gasteiger partial charge in [-0.1, -0.05) is 0 Å². The number of allylic oxidation sites excluding steroid dienone is 1. The third-order valence-electron chi connectivity index (χ3n) is 3.73. The first-order valence-corrected chi connectivity index (χ1v) is 12.5. The van der Waals surface area contributed by atoms with Gasteiger partial charge in [-0.2, -0.15) is 0 Å². The van der Waals surface area contributed by atoms with Gasteiger partial charge in [0.05, 0.1) is 6.42 Å². The van der Waals surface area contributed by atoms with Crippen LogP contribution in [0.15, 0.2) is 12.3 Å². The first-order chi connectivity index (χ1) is 12.5. The van der Waals surface area contributed by atoms with Gasteiger partial charge in [0.2, 0.25) is 5.91 Å². The molecular formula is C13H21NO10P2S. The number of ketones is 1. The summed E-state index contributed by atoms with van der Waals surface area (Å²) >= 11 is 4.90. The maximum atomic E-state index is 12.2. The second-order valence-electron chi connectivity index (χ2n) is 5.84. The average Bonchev–Trinajstić information content (AvgIpc) is 2.88. The van der Waals surface area contributed by atoms with Crippen LogP contribution in [0.2, 0.25) is 0 Å². The van der Waals surface area contributed by atoms with Crippen LogP contribution in [0.5, 0.6) is 0 Å². The molecule has 2 aliphatic heterocycles. The normalized spacial score (nSPS) is 33.1. The van der Waals surface area contributed by atoms with Crippen molar-refractivity contribution in [2.24, 2.45) is 0 Å². The topological polar surface area (TPSA) is 141 Å². The maximum absolute atomic E-state index is 12.2. The van der Waals surface area contributed by atoms with E-state index in [0.29, 0.717) is 0 Å². The summed E-state index contributed by atoms with van der Waals surface area (Å²) in [6, 6.07) is 0. The van der Waals surface area contributed by atoms with Crippen molar-refractivity contribution >= 4 is 37.6 Å². The highest BCUT2D eigenvalue weighted by Crippen LogP contribution is 2.46. The molecule has 11 nitrogen and oxygen atoms in total. The molecule has 0 spiro atoms. The number of rotatable bonds is 8. The van der Waals surface area contributed by atoms with Crippen molar-refractivity contribution in [3.05, 3.63) is 12.3 Å². The van der Waals surface area contributed by atoms with Crippen LogP contribution in [0.25, 0.3) is 0 Å². The Morgan fingerprint density at radius 2 is 2.00 bits per heavy atom. The van der Waals surface area contributed by atoms with E-state index >= 15 is 0 Å². The van der Waals surface area contributed by atoms with Gasteiger partial charge < -0.3 is 33.0 Å². The van der Waals surface area contributed by atoms with Gasteiger partial charge in [-0.15, -0.1) is 0 Å². The number of carbonyl (C=O) groups is 2. The molecule has 2 rings (SSSR count). The Morgan fingerprint density at radius 1 is 1.33 bits per heavy atom. The van der Waals surface area contributed by atoms with Crippen LogP contribution in [0.1, 0.15) is 6.42 Å². The molecule has 2 unspecified atom stereocenters. The molecule has 0 aromatic carbocycles. The summed E-state index contributed by atoms with van der Waals surface area (Å²) in [6.07, 6.45) is -3.01. The van der Waals surface area contributed by atoms with Crippen molar-refractivity contribution < 1.29 is 47.2 Å². The number of nitrogens with zero attached hydrogens (tertiary/aromatic N) is 1. The molecule has 6 atom stereocenters. The molecule has 14 heteroatoms. The highest BCUT2D eigenvalue weighted by molar-refractivity contribution is 8.09. The molecule has 154 valence electrons. The molecule has 0 saturated carbocycles. The Labute approximate surface area is 160 Å². The highest BCUT2D eigenvalue weighted by atomic mass is 32.5. The van der Waals surface area contributed by atoms with E-state index in [0.717, 1.165) is 12.0 Å². The standard InChI is InChI=1S/C13H21NO10P2S/c1-20-10-11(24-25(3,17)27)13(22-7-26(18,19)21-2)23-12(10)14-5-4-8(15)6-9(14)16/h4-5,10-13H,6-7H2,1-3H3,(H,17,27)(H,18,19)/t10-,11+,12-,13+,25?/m1/s1. The van der Waals surface area contributed by atoms with Crippen LogP contribution < -0.4 is 0 Å². The zero-order valence-corrected chi connectivity index (χ0v) is 17.4. The van der Waals surface area contributed by atoms with Crippen LogP contribution in [-0.2, 0) is 49.2 Å². The number of amides is 1. The maximum Gasteiger partial charge on any atom is 0.353 e. The fourth-order valence-electron chi connectivity index (χ4n) is 2.55. The number of hydrogen-bond acceptors (Lipinski definition) is 9. The van der Waals surface area contributed by atoms with Crippen molar-refractivity contribution in [2.75, 3.05) is 27.2 Å². The molecule has 2 N–H and O–H groups in total. The Hall–Kier alpha value is -0.520. The molecule has 2 aliphatic rings. The summed E-state index contributed by atoms with van der Waals surface area (Å²) in [5.41, 5.74) is 0. The van der Waals surface area contributed by atoms with Crippen LogP contribution in [0.4, 0.5) is 0 Å². The summed E-state index contributed by atoms with van der Waals surface area (Å²) in [4.78, 5) is 44.2. The first kappa shape index (κ1) is 22.8. The molecule has 0 bridgehead atoms. The van der Waals surface area contributed by atoms with Crippen LogP contribution in [0.3, 0.4) is 0 Å². The van der Waals surface area contributed by atoms with Crippen molar-refractivity contribution in [1.82, 2.24) is 4.90 Å². The molecular weight excluding hydrogens is 424 g/mol. The van der Waals surface area contributed by atoms with Gasteiger partial charge in [0, 0.05) is 27.1 Å². The minimum absolute atomic E-state index is 0.342. The Morgan fingerprint density at radius 3 is 2.52 bits per heavy atom. The van der Waals surface area contributed by atoms with Gasteiger partial charge in [-0.05, 0) is 17.9 Å². The lowest BCUT2D eigenvalue weighted by Gasteiger charge is -2.30. The number of ether oxygens (including phenoxy) is 3. The van der Waals surface area contributed by atoms with Crippen LogP contribution in [0, 0.1) is 0 Å². The lowest BCUT2D eigenvalue weighted by atomic mass is 10.1. The Balaban J connectivity index is 2.27. The predicted molar refractivity (Wildman–Crippen MR) is 95.2 cm³/mol. The van der Waals surface area contributed by atoms with Crippen molar-refractivity contribution in [1.29, 1.82) is 0 Å². The van der Waals surface area contributed by atoms with E-state index in [9.17, 15) is 23.9 Å². The third kappa shape index (κ3) is 5.98. The third-order valence-corrected chi connectivity index (χ3v) is 5.67.